The van der Waals surface area contributed by atoms with E-state index in [2.05, 4.69) is 5.32 Å². The summed E-state index contributed by atoms with van der Waals surface area (Å²) < 4.78 is 26.6. The van der Waals surface area contributed by atoms with E-state index < -0.39 is 16.1 Å². The van der Waals surface area contributed by atoms with Crippen LogP contribution in [0.2, 0.25) is 0 Å². The van der Waals surface area contributed by atoms with Gasteiger partial charge in [-0.2, -0.15) is 0 Å². The Balaban J connectivity index is 2.24. The summed E-state index contributed by atoms with van der Waals surface area (Å²) >= 11 is 0. The lowest BCUT2D eigenvalue weighted by molar-refractivity contribution is -0.141. The Hall–Kier alpha value is -2.87. The second-order valence-corrected chi connectivity index (χ2v) is 11.7. The molecule has 0 fully saturated rings. The second kappa shape index (κ2) is 12.9. The average Bonchev–Trinajstić information content (AvgIpc) is 2.78. The number of anilines is 1. The van der Waals surface area contributed by atoms with Gasteiger partial charge in [-0.15, -0.1) is 0 Å². The number of hydrogen-bond donors (Lipinski definition) is 1. The Labute approximate surface area is 216 Å². The molecule has 7 nitrogen and oxygen atoms in total. The molecule has 8 heteroatoms. The first-order valence-corrected chi connectivity index (χ1v) is 14.4. The standard InChI is InChI=1S/C28H41N3O4S/c1-8-25(28(33)29-20(2)3)30(19-24-16-14-21(4)15-17-24)27(32)13-10-18-31(36(7,34)35)26-12-9-11-22(5)23(26)6/h9,11-12,14-17,20,25H,8,10,13,18-19H2,1-7H3,(H,29,33). The van der Waals surface area contributed by atoms with Crippen molar-refractivity contribution in [3.8, 4) is 0 Å². The minimum Gasteiger partial charge on any atom is -0.352 e. The van der Waals surface area contributed by atoms with Gasteiger partial charge in [-0.3, -0.25) is 13.9 Å². The molecule has 0 aliphatic rings. The van der Waals surface area contributed by atoms with Crippen molar-refractivity contribution >= 4 is 27.5 Å². The lowest BCUT2D eigenvalue weighted by Gasteiger charge is -2.32. The van der Waals surface area contributed by atoms with Gasteiger partial charge in [0.25, 0.3) is 0 Å². The monoisotopic (exact) mass is 515 g/mol. The Morgan fingerprint density at radius 3 is 2.19 bits per heavy atom. The molecule has 0 aromatic heterocycles. The van der Waals surface area contributed by atoms with Crippen molar-refractivity contribution < 1.29 is 18.0 Å². The van der Waals surface area contributed by atoms with Crippen LogP contribution in [0.15, 0.2) is 42.5 Å². The first kappa shape index (κ1) is 29.4. The number of nitrogens with zero attached hydrogens (tertiary/aromatic N) is 2. The van der Waals surface area contributed by atoms with Gasteiger partial charge in [0.2, 0.25) is 21.8 Å². The van der Waals surface area contributed by atoms with Crippen LogP contribution in [0.3, 0.4) is 0 Å². The van der Waals surface area contributed by atoms with Crippen LogP contribution in [0.5, 0.6) is 0 Å². The quantitative estimate of drug-likeness (QED) is 0.451. The Bertz CT molecular complexity index is 1140. The molecule has 0 saturated carbocycles. The smallest absolute Gasteiger partial charge is 0.243 e. The molecule has 2 aromatic carbocycles. The van der Waals surface area contributed by atoms with Gasteiger partial charge in [0.1, 0.15) is 6.04 Å². The minimum atomic E-state index is -3.53. The van der Waals surface area contributed by atoms with E-state index in [4.69, 9.17) is 0 Å². The van der Waals surface area contributed by atoms with E-state index in [1.807, 2.05) is 77.9 Å². The number of carbonyl (C=O) groups excluding carboxylic acids is 2. The average molecular weight is 516 g/mol. The predicted octanol–water partition coefficient (Wildman–Crippen LogP) is 4.49. The summed E-state index contributed by atoms with van der Waals surface area (Å²) in [4.78, 5) is 28.1. The fourth-order valence-corrected chi connectivity index (χ4v) is 5.19. The third-order valence-corrected chi connectivity index (χ3v) is 7.47. The zero-order valence-corrected chi connectivity index (χ0v) is 23.5. The number of amides is 2. The summed E-state index contributed by atoms with van der Waals surface area (Å²) in [5.74, 6) is -0.350. The largest absolute Gasteiger partial charge is 0.352 e. The van der Waals surface area contributed by atoms with Gasteiger partial charge in [0.15, 0.2) is 0 Å². The van der Waals surface area contributed by atoms with Gasteiger partial charge >= 0.3 is 0 Å². The molecule has 0 aliphatic heterocycles. The lowest BCUT2D eigenvalue weighted by Crippen LogP contribution is -2.50. The zero-order valence-electron chi connectivity index (χ0n) is 22.7. The van der Waals surface area contributed by atoms with E-state index in [1.54, 1.807) is 11.0 Å². The number of rotatable bonds is 12. The molecule has 1 atom stereocenters. The van der Waals surface area contributed by atoms with Gasteiger partial charge in [-0.25, -0.2) is 8.42 Å². The van der Waals surface area contributed by atoms with Crippen molar-refractivity contribution in [3.63, 3.8) is 0 Å². The van der Waals surface area contributed by atoms with Crippen molar-refractivity contribution in [3.05, 3.63) is 64.7 Å². The molecule has 198 valence electrons. The lowest BCUT2D eigenvalue weighted by atomic mass is 10.1. The molecular weight excluding hydrogens is 474 g/mol. The zero-order chi connectivity index (χ0) is 27.0. The van der Waals surface area contributed by atoms with Crippen LogP contribution in [0.4, 0.5) is 5.69 Å². The van der Waals surface area contributed by atoms with E-state index in [9.17, 15) is 18.0 Å². The van der Waals surface area contributed by atoms with Crippen LogP contribution in [-0.4, -0.2) is 50.0 Å². The predicted molar refractivity (Wildman–Crippen MR) is 146 cm³/mol. The molecule has 2 aromatic rings. The molecule has 1 unspecified atom stereocenters. The summed E-state index contributed by atoms with van der Waals surface area (Å²) in [5.41, 5.74) is 4.59. The molecule has 0 radical (unpaired) electrons. The summed E-state index contributed by atoms with van der Waals surface area (Å²) in [5, 5.41) is 2.93. The number of carbonyl (C=O) groups is 2. The highest BCUT2D eigenvalue weighted by Gasteiger charge is 2.29. The molecule has 0 bridgehead atoms. The molecular formula is C28H41N3O4S. The first-order valence-electron chi connectivity index (χ1n) is 12.5. The number of nitrogens with one attached hydrogen (secondary N) is 1. The SMILES string of the molecule is CCC(C(=O)NC(C)C)N(Cc1ccc(C)cc1)C(=O)CCCN(c1cccc(C)c1C)S(C)(=O)=O. The third kappa shape index (κ3) is 8.08. The maximum absolute atomic E-state index is 13.5. The van der Waals surface area contributed by atoms with E-state index in [-0.39, 0.29) is 30.8 Å². The van der Waals surface area contributed by atoms with Crippen molar-refractivity contribution in [2.75, 3.05) is 17.1 Å². The highest BCUT2D eigenvalue weighted by molar-refractivity contribution is 7.92. The summed E-state index contributed by atoms with van der Waals surface area (Å²) in [6.07, 6.45) is 2.14. The fourth-order valence-electron chi connectivity index (χ4n) is 4.18. The van der Waals surface area contributed by atoms with Crippen LogP contribution in [-0.2, 0) is 26.2 Å². The van der Waals surface area contributed by atoms with Gasteiger partial charge in [-0.05, 0) is 70.2 Å². The summed E-state index contributed by atoms with van der Waals surface area (Å²) in [6, 6.07) is 12.8. The minimum absolute atomic E-state index is 0.0382. The Morgan fingerprint density at radius 2 is 1.64 bits per heavy atom. The van der Waals surface area contributed by atoms with Gasteiger partial charge in [0, 0.05) is 25.6 Å². The van der Waals surface area contributed by atoms with Gasteiger partial charge in [-0.1, -0.05) is 48.9 Å². The number of hydrogen-bond acceptors (Lipinski definition) is 4. The van der Waals surface area contributed by atoms with Crippen molar-refractivity contribution in [2.45, 2.75) is 79.4 Å². The highest BCUT2D eigenvalue weighted by atomic mass is 32.2. The van der Waals surface area contributed by atoms with E-state index in [0.29, 0.717) is 25.1 Å². The van der Waals surface area contributed by atoms with Gasteiger partial charge < -0.3 is 10.2 Å². The normalized spacial score (nSPS) is 12.3. The fraction of sp³-hybridized carbons (Fsp3) is 0.500. The van der Waals surface area contributed by atoms with Crippen LogP contribution >= 0.6 is 0 Å². The topological polar surface area (TPSA) is 86.8 Å². The van der Waals surface area contributed by atoms with Crippen LogP contribution in [0.1, 0.15) is 62.3 Å². The molecule has 2 rings (SSSR count). The highest BCUT2D eigenvalue weighted by Crippen LogP contribution is 2.25. The number of sulfonamides is 1. The summed E-state index contributed by atoms with van der Waals surface area (Å²) in [6.45, 7) is 12.0. The molecule has 0 saturated heterocycles. The number of benzene rings is 2. The molecule has 1 N–H and O–H groups in total. The van der Waals surface area contributed by atoms with Crippen molar-refractivity contribution in [1.29, 1.82) is 0 Å². The van der Waals surface area contributed by atoms with Crippen LogP contribution in [0, 0.1) is 20.8 Å². The third-order valence-electron chi connectivity index (χ3n) is 6.29. The van der Waals surface area contributed by atoms with Crippen LogP contribution in [0.25, 0.3) is 0 Å². The molecule has 36 heavy (non-hydrogen) atoms. The number of aryl methyl sites for hydroxylation is 2. The van der Waals surface area contributed by atoms with E-state index >= 15 is 0 Å². The Kier molecular flexibility index (Phi) is 10.5. The van der Waals surface area contributed by atoms with Crippen molar-refractivity contribution in [2.24, 2.45) is 0 Å². The maximum Gasteiger partial charge on any atom is 0.243 e. The first-order chi connectivity index (χ1) is 16.8. The van der Waals surface area contributed by atoms with Crippen LogP contribution < -0.4 is 9.62 Å². The Morgan fingerprint density at radius 1 is 1.00 bits per heavy atom. The molecule has 2 amide bonds. The molecule has 0 heterocycles. The van der Waals surface area contributed by atoms with E-state index in [1.165, 1.54) is 10.6 Å². The van der Waals surface area contributed by atoms with Crippen molar-refractivity contribution in [1.82, 2.24) is 10.2 Å². The molecule has 0 spiro atoms. The maximum atomic E-state index is 13.5. The van der Waals surface area contributed by atoms with Gasteiger partial charge in [0.05, 0.1) is 11.9 Å². The second-order valence-electron chi connectivity index (χ2n) is 9.75. The van der Waals surface area contributed by atoms with E-state index in [0.717, 1.165) is 22.3 Å². The summed E-state index contributed by atoms with van der Waals surface area (Å²) in [7, 11) is -3.53. The molecule has 0 aliphatic carbocycles.